The third-order valence-corrected chi connectivity index (χ3v) is 4.81. The Kier molecular flexibility index (Phi) is 5.05. The number of rotatable bonds is 4. The summed E-state index contributed by atoms with van der Waals surface area (Å²) >= 11 is 0. The average molecular weight is 254 g/mol. The first-order valence-corrected chi connectivity index (χ1v) is 7.73. The molecule has 2 rings (SSSR count). The Bertz CT molecular complexity index is 251. The van der Waals surface area contributed by atoms with Gasteiger partial charge < -0.3 is 10.4 Å². The molecule has 0 aromatic rings. The van der Waals surface area contributed by atoms with Gasteiger partial charge in [0, 0.05) is 31.7 Å². The predicted molar refractivity (Wildman–Crippen MR) is 75.7 cm³/mol. The fraction of sp³-hybridized carbons (Fsp3) is 1.00. The van der Waals surface area contributed by atoms with Gasteiger partial charge in [0.1, 0.15) is 0 Å². The highest BCUT2D eigenvalue weighted by Crippen LogP contribution is 2.39. The van der Waals surface area contributed by atoms with E-state index in [0.717, 1.165) is 38.0 Å². The molecule has 0 aromatic heterocycles. The molecular weight excluding hydrogens is 224 g/mol. The third-order valence-electron chi connectivity index (χ3n) is 4.81. The first kappa shape index (κ1) is 14.3. The molecule has 2 fully saturated rings. The molecule has 3 nitrogen and oxygen atoms in total. The van der Waals surface area contributed by atoms with Gasteiger partial charge in [-0.25, -0.2) is 0 Å². The molecule has 1 heterocycles. The van der Waals surface area contributed by atoms with Crippen LogP contribution in [-0.2, 0) is 0 Å². The van der Waals surface area contributed by atoms with E-state index in [2.05, 4.69) is 24.1 Å². The molecule has 0 amide bonds. The first-order chi connectivity index (χ1) is 8.66. The Morgan fingerprint density at radius 3 is 2.67 bits per heavy atom. The van der Waals surface area contributed by atoms with Crippen molar-refractivity contribution in [3.8, 4) is 0 Å². The lowest BCUT2D eigenvalue weighted by Gasteiger charge is -2.49. The summed E-state index contributed by atoms with van der Waals surface area (Å²) in [7, 11) is 0. The van der Waals surface area contributed by atoms with E-state index in [9.17, 15) is 5.11 Å². The molecule has 2 N–H and O–H groups in total. The predicted octanol–water partition coefficient (Wildman–Crippen LogP) is 1.86. The maximum Gasteiger partial charge on any atom is 0.0615 e. The molecular formula is C15H30N2O. The maximum atomic E-state index is 9.98. The summed E-state index contributed by atoms with van der Waals surface area (Å²) in [5.74, 6) is 1.60. The van der Waals surface area contributed by atoms with E-state index >= 15 is 0 Å². The molecule has 1 aliphatic carbocycles. The smallest absolute Gasteiger partial charge is 0.0615 e. The molecule has 3 heteroatoms. The van der Waals surface area contributed by atoms with E-state index in [1.165, 1.54) is 32.1 Å². The zero-order valence-electron chi connectivity index (χ0n) is 12.1. The second-order valence-electron chi connectivity index (χ2n) is 6.71. The molecule has 0 bridgehead atoms. The van der Waals surface area contributed by atoms with Gasteiger partial charge in [-0.15, -0.1) is 0 Å². The van der Waals surface area contributed by atoms with Crippen LogP contribution in [0.15, 0.2) is 0 Å². The van der Waals surface area contributed by atoms with Crippen molar-refractivity contribution in [3.63, 3.8) is 0 Å². The van der Waals surface area contributed by atoms with Crippen LogP contribution in [-0.4, -0.2) is 48.3 Å². The molecule has 0 radical (unpaired) electrons. The van der Waals surface area contributed by atoms with Crippen LogP contribution in [0, 0.1) is 11.8 Å². The lowest BCUT2D eigenvalue weighted by atomic mass is 9.72. The summed E-state index contributed by atoms with van der Waals surface area (Å²) in [6, 6.07) is 0. The minimum atomic E-state index is 0.0971. The standard InChI is InChI=1S/C15H30N2O/c1-13(2)10-14-4-3-5-15(11-14,12-18)17-8-6-16-7-9-17/h13-14,16,18H,3-12H2,1-2H3. The summed E-state index contributed by atoms with van der Waals surface area (Å²) < 4.78 is 0. The Hall–Kier alpha value is -0.120. The molecule has 1 saturated carbocycles. The van der Waals surface area contributed by atoms with Crippen LogP contribution in [0.4, 0.5) is 0 Å². The number of aliphatic hydroxyl groups is 1. The van der Waals surface area contributed by atoms with Gasteiger partial charge in [-0.2, -0.15) is 0 Å². The number of nitrogens with one attached hydrogen (secondary N) is 1. The van der Waals surface area contributed by atoms with Gasteiger partial charge in [0.2, 0.25) is 0 Å². The van der Waals surface area contributed by atoms with Crippen LogP contribution in [0.2, 0.25) is 0 Å². The number of nitrogens with zero attached hydrogens (tertiary/aromatic N) is 1. The van der Waals surface area contributed by atoms with Crippen molar-refractivity contribution < 1.29 is 5.11 Å². The lowest BCUT2D eigenvalue weighted by molar-refractivity contribution is -0.0241. The quantitative estimate of drug-likeness (QED) is 0.804. The fourth-order valence-electron chi connectivity index (χ4n) is 4.00. The van der Waals surface area contributed by atoms with E-state index in [1.807, 2.05) is 0 Å². The van der Waals surface area contributed by atoms with Crippen LogP contribution in [0.25, 0.3) is 0 Å². The molecule has 2 aliphatic rings. The molecule has 0 spiro atoms. The van der Waals surface area contributed by atoms with Crippen molar-refractivity contribution in [1.29, 1.82) is 0 Å². The minimum absolute atomic E-state index is 0.0971. The van der Waals surface area contributed by atoms with E-state index < -0.39 is 0 Å². The summed E-state index contributed by atoms with van der Waals surface area (Å²) in [6.45, 7) is 9.36. The van der Waals surface area contributed by atoms with Gasteiger partial charge in [-0.1, -0.05) is 26.7 Å². The third kappa shape index (κ3) is 3.25. The van der Waals surface area contributed by atoms with Crippen LogP contribution >= 0.6 is 0 Å². The second-order valence-corrected chi connectivity index (χ2v) is 6.71. The maximum absolute atomic E-state index is 9.98. The van der Waals surface area contributed by atoms with Crippen molar-refractivity contribution in [2.24, 2.45) is 11.8 Å². The van der Waals surface area contributed by atoms with Crippen LogP contribution in [0.1, 0.15) is 46.0 Å². The van der Waals surface area contributed by atoms with Gasteiger partial charge in [-0.3, -0.25) is 4.90 Å². The van der Waals surface area contributed by atoms with Crippen LogP contribution < -0.4 is 5.32 Å². The normalized spacial score (nSPS) is 35.0. The summed E-state index contributed by atoms with van der Waals surface area (Å²) in [4.78, 5) is 2.57. The molecule has 2 unspecified atom stereocenters. The van der Waals surface area contributed by atoms with Gasteiger partial charge >= 0.3 is 0 Å². The Morgan fingerprint density at radius 2 is 2.06 bits per heavy atom. The minimum Gasteiger partial charge on any atom is -0.394 e. The highest BCUT2D eigenvalue weighted by atomic mass is 16.3. The van der Waals surface area contributed by atoms with Crippen molar-refractivity contribution in [2.75, 3.05) is 32.8 Å². The van der Waals surface area contributed by atoms with E-state index in [4.69, 9.17) is 0 Å². The Labute approximate surface area is 112 Å². The van der Waals surface area contributed by atoms with E-state index in [1.54, 1.807) is 0 Å². The highest BCUT2D eigenvalue weighted by Gasteiger charge is 2.40. The van der Waals surface area contributed by atoms with Crippen LogP contribution in [0.3, 0.4) is 0 Å². The van der Waals surface area contributed by atoms with Gasteiger partial charge in [0.25, 0.3) is 0 Å². The van der Waals surface area contributed by atoms with Crippen LogP contribution in [0.5, 0.6) is 0 Å². The number of aliphatic hydroxyl groups excluding tert-OH is 1. The molecule has 2 atom stereocenters. The van der Waals surface area contributed by atoms with Crippen molar-refractivity contribution in [1.82, 2.24) is 10.2 Å². The summed E-state index contributed by atoms with van der Waals surface area (Å²) in [5, 5.41) is 13.4. The van der Waals surface area contributed by atoms with Crippen molar-refractivity contribution in [2.45, 2.75) is 51.5 Å². The fourth-order valence-corrected chi connectivity index (χ4v) is 4.00. The zero-order chi connectivity index (χ0) is 13.0. The molecule has 18 heavy (non-hydrogen) atoms. The number of hydrogen-bond donors (Lipinski definition) is 2. The first-order valence-electron chi connectivity index (χ1n) is 7.73. The summed E-state index contributed by atoms with van der Waals surface area (Å²) in [5.41, 5.74) is 0.0971. The van der Waals surface area contributed by atoms with Crippen molar-refractivity contribution in [3.05, 3.63) is 0 Å². The molecule has 1 saturated heterocycles. The highest BCUT2D eigenvalue weighted by molar-refractivity contribution is 4.96. The monoisotopic (exact) mass is 254 g/mol. The van der Waals surface area contributed by atoms with Gasteiger partial charge in [-0.05, 0) is 31.1 Å². The molecule has 106 valence electrons. The largest absolute Gasteiger partial charge is 0.394 e. The second kappa shape index (κ2) is 6.36. The van der Waals surface area contributed by atoms with Crippen molar-refractivity contribution >= 4 is 0 Å². The lowest BCUT2D eigenvalue weighted by Crippen LogP contribution is -2.59. The van der Waals surface area contributed by atoms with Gasteiger partial charge in [0.15, 0.2) is 0 Å². The summed E-state index contributed by atoms with van der Waals surface area (Å²) in [6.07, 6.45) is 6.39. The zero-order valence-corrected chi connectivity index (χ0v) is 12.1. The number of hydrogen-bond acceptors (Lipinski definition) is 3. The average Bonchev–Trinajstić information content (AvgIpc) is 2.39. The topological polar surface area (TPSA) is 35.5 Å². The molecule has 1 aliphatic heterocycles. The Balaban J connectivity index is 2.00. The van der Waals surface area contributed by atoms with E-state index in [-0.39, 0.29) is 5.54 Å². The number of piperazine rings is 1. The van der Waals surface area contributed by atoms with E-state index in [0.29, 0.717) is 6.61 Å². The molecule has 0 aromatic carbocycles. The SMILES string of the molecule is CC(C)CC1CCCC(CO)(N2CCNCC2)C1. The van der Waals surface area contributed by atoms with Gasteiger partial charge in [0.05, 0.1) is 6.61 Å². The Morgan fingerprint density at radius 1 is 1.33 bits per heavy atom.